The lowest BCUT2D eigenvalue weighted by Gasteiger charge is -2.26. The summed E-state index contributed by atoms with van der Waals surface area (Å²) in [6, 6.07) is 4.65. The van der Waals surface area contributed by atoms with Crippen LogP contribution in [0.15, 0.2) is 18.2 Å². The molecule has 0 aromatic heterocycles. The molecule has 1 heterocycles. The molecule has 0 saturated carbocycles. The molecule has 0 bridgehead atoms. The second-order valence-electron chi connectivity index (χ2n) is 4.21. The first-order valence-electron chi connectivity index (χ1n) is 5.09. The standard InChI is InChI=1S/C12H14O3/c1-7(2)10-6-15-11-4-3-8(13)5-9(11)12(10)14/h3-5,7,10,13H,6H2,1-2H3. The van der Waals surface area contributed by atoms with E-state index in [1.807, 2.05) is 13.8 Å². The van der Waals surface area contributed by atoms with Gasteiger partial charge in [-0.15, -0.1) is 0 Å². The van der Waals surface area contributed by atoms with Crippen molar-refractivity contribution < 1.29 is 14.6 Å². The van der Waals surface area contributed by atoms with Gasteiger partial charge >= 0.3 is 0 Å². The van der Waals surface area contributed by atoms with Gasteiger partial charge in [0.05, 0.1) is 18.1 Å². The fraction of sp³-hybridized carbons (Fsp3) is 0.417. The van der Waals surface area contributed by atoms with Crippen molar-refractivity contribution in [1.29, 1.82) is 0 Å². The maximum Gasteiger partial charge on any atom is 0.173 e. The number of ketones is 1. The Kier molecular flexibility index (Phi) is 2.39. The summed E-state index contributed by atoms with van der Waals surface area (Å²) in [5.74, 6) is 0.916. The number of aromatic hydroxyl groups is 1. The molecule has 0 radical (unpaired) electrons. The summed E-state index contributed by atoms with van der Waals surface area (Å²) in [4.78, 5) is 12.0. The third kappa shape index (κ3) is 1.69. The van der Waals surface area contributed by atoms with E-state index >= 15 is 0 Å². The molecule has 2 rings (SSSR count). The van der Waals surface area contributed by atoms with Gasteiger partial charge in [-0.25, -0.2) is 0 Å². The summed E-state index contributed by atoms with van der Waals surface area (Å²) in [5.41, 5.74) is 0.500. The zero-order valence-corrected chi connectivity index (χ0v) is 8.86. The van der Waals surface area contributed by atoms with E-state index in [9.17, 15) is 9.90 Å². The van der Waals surface area contributed by atoms with Gasteiger partial charge in [0.1, 0.15) is 11.5 Å². The monoisotopic (exact) mass is 206 g/mol. The van der Waals surface area contributed by atoms with E-state index in [2.05, 4.69) is 0 Å². The van der Waals surface area contributed by atoms with Gasteiger partial charge in [0.2, 0.25) is 0 Å². The fourth-order valence-electron chi connectivity index (χ4n) is 1.79. The topological polar surface area (TPSA) is 46.5 Å². The Bertz CT molecular complexity index is 396. The number of fused-ring (bicyclic) bond motifs is 1. The highest BCUT2D eigenvalue weighted by molar-refractivity contribution is 6.01. The molecule has 1 aliphatic heterocycles. The minimum Gasteiger partial charge on any atom is -0.508 e. The SMILES string of the molecule is CC(C)C1COc2ccc(O)cc2C1=O. The summed E-state index contributed by atoms with van der Waals surface area (Å²) in [7, 11) is 0. The van der Waals surface area contributed by atoms with Gasteiger partial charge in [0.25, 0.3) is 0 Å². The van der Waals surface area contributed by atoms with Crippen molar-refractivity contribution in [3.8, 4) is 11.5 Å². The van der Waals surface area contributed by atoms with E-state index in [-0.39, 0.29) is 23.4 Å². The predicted molar refractivity (Wildman–Crippen MR) is 56.3 cm³/mol. The molecule has 1 atom stereocenters. The molecule has 3 nitrogen and oxygen atoms in total. The minimum atomic E-state index is -0.0979. The van der Waals surface area contributed by atoms with E-state index in [0.717, 1.165) is 0 Å². The number of phenols is 1. The molecule has 0 saturated heterocycles. The Morgan fingerprint density at radius 2 is 2.20 bits per heavy atom. The van der Waals surface area contributed by atoms with Crippen molar-refractivity contribution in [3.05, 3.63) is 23.8 Å². The average molecular weight is 206 g/mol. The molecule has 1 aromatic rings. The Balaban J connectivity index is 2.40. The summed E-state index contributed by atoms with van der Waals surface area (Å²) in [5, 5.41) is 9.32. The van der Waals surface area contributed by atoms with Crippen molar-refractivity contribution in [2.45, 2.75) is 13.8 Å². The maximum absolute atomic E-state index is 12.0. The Morgan fingerprint density at radius 3 is 2.87 bits per heavy atom. The second-order valence-corrected chi connectivity index (χ2v) is 4.21. The molecule has 1 unspecified atom stereocenters. The first-order valence-corrected chi connectivity index (χ1v) is 5.09. The normalized spacial score (nSPS) is 19.9. The molecular formula is C12H14O3. The lowest BCUT2D eigenvalue weighted by atomic mass is 9.86. The second kappa shape index (κ2) is 3.57. The first kappa shape index (κ1) is 10.0. The highest BCUT2D eigenvalue weighted by Crippen LogP contribution is 2.32. The molecule has 3 heteroatoms. The van der Waals surface area contributed by atoms with Gasteiger partial charge in [-0.1, -0.05) is 13.8 Å². The zero-order chi connectivity index (χ0) is 11.0. The summed E-state index contributed by atoms with van der Waals surface area (Å²) in [6.45, 7) is 4.44. The minimum absolute atomic E-state index is 0.0714. The molecule has 1 N–H and O–H groups in total. The van der Waals surface area contributed by atoms with Gasteiger partial charge < -0.3 is 9.84 Å². The number of phenolic OH excluding ortho intramolecular Hbond substituents is 1. The highest BCUT2D eigenvalue weighted by Gasteiger charge is 2.31. The van der Waals surface area contributed by atoms with Gasteiger partial charge in [-0.05, 0) is 24.1 Å². The van der Waals surface area contributed by atoms with Crippen LogP contribution in [0.5, 0.6) is 11.5 Å². The third-order valence-corrected chi connectivity index (χ3v) is 2.79. The van der Waals surface area contributed by atoms with Gasteiger partial charge in [0.15, 0.2) is 5.78 Å². The van der Waals surface area contributed by atoms with Crippen molar-refractivity contribution in [2.75, 3.05) is 6.61 Å². The van der Waals surface area contributed by atoms with E-state index in [4.69, 9.17) is 4.74 Å². The molecular weight excluding hydrogens is 192 g/mol. The third-order valence-electron chi connectivity index (χ3n) is 2.79. The van der Waals surface area contributed by atoms with Crippen molar-refractivity contribution in [3.63, 3.8) is 0 Å². The number of hydrogen-bond donors (Lipinski definition) is 1. The number of hydrogen-bond acceptors (Lipinski definition) is 3. The molecule has 0 spiro atoms. The molecule has 1 aliphatic rings. The average Bonchev–Trinajstić information content (AvgIpc) is 2.19. The summed E-state index contributed by atoms with van der Waals surface area (Å²) < 4.78 is 5.49. The fourth-order valence-corrected chi connectivity index (χ4v) is 1.79. The maximum atomic E-state index is 12.0. The lowest BCUT2D eigenvalue weighted by molar-refractivity contribution is 0.0774. The van der Waals surface area contributed by atoms with Gasteiger partial charge in [-0.2, -0.15) is 0 Å². The molecule has 0 fully saturated rings. The van der Waals surface area contributed by atoms with E-state index < -0.39 is 0 Å². The van der Waals surface area contributed by atoms with E-state index in [1.165, 1.54) is 12.1 Å². The number of Topliss-reactive ketones (excluding diaryl/α,β-unsaturated/α-hetero) is 1. The first-order chi connectivity index (χ1) is 7.09. The van der Waals surface area contributed by atoms with Crippen LogP contribution in [0.3, 0.4) is 0 Å². The zero-order valence-electron chi connectivity index (χ0n) is 8.86. The Morgan fingerprint density at radius 1 is 1.47 bits per heavy atom. The summed E-state index contributed by atoms with van der Waals surface area (Å²) in [6.07, 6.45) is 0. The molecule has 1 aromatic carbocycles. The van der Waals surface area contributed by atoms with Crippen LogP contribution in [0.1, 0.15) is 24.2 Å². The lowest BCUT2D eigenvalue weighted by Crippen LogP contribution is -2.31. The van der Waals surface area contributed by atoms with E-state index in [1.54, 1.807) is 6.07 Å². The number of ether oxygens (including phenoxy) is 1. The quantitative estimate of drug-likeness (QED) is 0.766. The molecule has 0 aliphatic carbocycles. The molecule has 15 heavy (non-hydrogen) atoms. The van der Waals surface area contributed by atoms with Gasteiger partial charge in [-0.3, -0.25) is 4.79 Å². The summed E-state index contributed by atoms with van der Waals surface area (Å²) >= 11 is 0. The Hall–Kier alpha value is -1.51. The highest BCUT2D eigenvalue weighted by atomic mass is 16.5. The number of carbonyl (C=O) groups is 1. The van der Waals surface area contributed by atoms with Crippen molar-refractivity contribution >= 4 is 5.78 Å². The van der Waals surface area contributed by atoms with Gasteiger partial charge in [0, 0.05) is 0 Å². The molecule has 80 valence electrons. The van der Waals surface area contributed by atoms with Crippen LogP contribution in [0, 0.1) is 11.8 Å². The van der Waals surface area contributed by atoms with Crippen LogP contribution >= 0.6 is 0 Å². The molecule has 0 amide bonds. The van der Waals surface area contributed by atoms with Crippen LogP contribution in [0.25, 0.3) is 0 Å². The van der Waals surface area contributed by atoms with E-state index in [0.29, 0.717) is 17.9 Å². The van der Waals surface area contributed by atoms with Crippen LogP contribution in [-0.4, -0.2) is 17.5 Å². The van der Waals surface area contributed by atoms with Crippen molar-refractivity contribution in [1.82, 2.24) is 0 Å². The van der Waals surface area contributed by atoms with Crippen LogP contribution < -0.4 is 4.74 Å². The smallest absolute Gasteiger partial charge is 0.173 e. The Labute approximate surface area is 88.7 Å². The van der Waals surface area contributed by atoms with Crippen LogP contribution in [-0.2, 0) is 0 Å². The van der Waals surface area contributed by atoms with Crippen LogP contribution in [0.4, 0.5) is 0 Å². The number of benzene rings is 1. The van der Waals surface area contributed by atoms with Crippen LogP contribution in [0.2, 0.25) is 0 Å². The number of rotatable bonds is 1. The van der Waals surface area contributed by atoms with Crippen molar-refractivity contribution in [2.24, 2.45) is 11.8 Å². The predicted octanol–water partition coefficient (Wildman–Crippen LogP) is 2.24. The largest absolute Gasteiger partial charge is 0.508 e. The number of carbonyl (C=O) groups excluding carboxylic acids is 1.